The van der Waals surface area contributed by atoms with Crippen molar-refractivity contribution in [2.45, 2.75) is 89.8 Å². The quantitative estimate of drug-likeness (QED) is 0.229. The molecule has 0 aliphatic heterocycles. The first-order valence-electron chi connectivity index (χ1n) is 15.0. The molecular weight excluding hydrogens is 506 g/mol. The number of fused-ring (bicyclic) bond motifs is 2. The molecule has 0 heterocycles. The lowest BCUT2D eigenvalue weighted by Gasteiger charge is -2.33. The lowest BCUT2D eigenvalue weighted by atomic mass is 9.73. The predicted octanol–water partition coefficient (Wildman–Crippen LogP) is 5.74. The number of aliphatic hydroxyl groups is 2. The van der Waals surface area contributed by atoms with Crippen molar-refractivity contribution in [2.75, 3.05) is 20.7 Å². The van der Waals surface area contributed by atoms with Crippen LogP contribution >= 0.6 is 0 Å². The van der Waals surface area contributed by atoms with Crippen molar-refractivity contribution in [3.8, 4) is 5.75 Å². The molecule has 1 saturated carbocycles. The van der Waals surface area contributed by atoms with Gasteiger partial charge in [0.05, 0.1) is 12.7 Å². The predicted molar refractivity (Wildman–Crippen MR) is 155 cm³/mol. The lowest BCUT2D eigenvalue weighted by Crippen LogP contribution is -2.32. The van der Waals surface area contributed by atoms with Gasteiger partial charge >= 0.3 is 6.09 Å². The highest BCUT2D eigenvalue weighted by atomic mass is 16.6. The largest absolute Gasteiger partial charge is 0.488 e. The maximum Gasteiger partial charge on any atom is 0.409 e. The zero-order chi connectivity index (χ0) is 28.5. The van der Waals surface area contributed by atoms with E-state index in [1.165, 1.54) is 16.0 Å². The Morgan fingerprint density at radius 2 is 1.82 bits per heavy atom. The summed E-state index contributed by atoms with van der Waals surface area (Å²) in [5.41, 5.74) is 3.43. The molecule has 0 radical (unpaired) electrons. The number of hydrogen-bond acceptors (Lipinski definition) is 6. The van der Waals surface area contributed by atoms with Gasteiger partial charge in [0.25, 0.3) is 0 Å². The van der Waals surface area contributed by atoms with Crippen molar-refractivity contribution in [1.82, 2.24) is 4.90 Å². The van der Waals surface area contributed by atoms with Crippen molar-refractivity contribution in [1.29, 1.82) is 0 Å². The smallest absolute Gasteiger partial charge is 0.409 e. The van der Waals surface area contributed by atoms with E-state index in [0.717, 1.165) is 69.1 Å². The van der Waals surface area contributed by atoms with Crippen LogP contribution in [0.1, 0.15) is 68.6 Å². The molecule has 0 spiro atoms. The zero-order valence-electron chi connectivity index (χ0n) is 24.3. The highest BCUT2D eigenvalue weighted by Crippen LogP contribution is 2.49. The molecule has 1 amide bonds. The summed E-state index contributed by atoms with van der Waals surface area (Å²) in [5, 5.41) is 21.0. The molecule has 2 aromatic rings. The second-order valence-electron chi connectivity index (χ2n) is 11.7. The molecular formula is C33H47NO6. The van der Waals surface area contributed by atoms with Gasteiger partial charge in [-0.15, -0.1) is 0 Å². The Morgan fingerprint density at radius 1 is 1.02 bits per heavy atom. The van der Waals surface area contributed by atoms with Crippen LogP contribution in [0.15, 0.2) is 48.5 Å². The SMILES string of the molecule is CCCCC[C@H](O)CC[C@@H]1[C@H]2Cc3cccc(OCC(O)OCc4ccccc4)c3C[C@H]2C[C@H]1OC(=O)N(C)C. The number of carbonyl (C=O) groups excluding carboxylic acids is 1. The van der Waals surface area contributed by atoms with E-state index >= 15 is 0 Å². The number of hydrogen-bond donors (Lipinski definition) is 2. The molecule has 1 unspecified atom stereocenters. The minimum Gasteiger partial charge on any atom is -0.488 e. The molecule has 0 aromatic heterocycles. The topological polar surface area (TPSA) is 88.5 Å². The van der Waals surface area contributed by atoms with E-state index in [9.17, 15) is 15.0 Å². The van der Waals surface area contributed by atoms with E-state index in [1.54, 1.807) is 14.1 Å². The summed E-state index contributed by atoms with van der Waals surface area (Å²) in [4.78, 5) is 14.0. The van der Waals surface area contributed by atoms with Gasteiger partial charge in [0.1, 0.15) is 18.5 Å². The third-order valence-electron chi connectivity index (χ3n) is 8.58. The Kier molecular flexibility index (Phi) is 11.3. The van der Waals surface area contributed by atoms with Crippen LogP contribution in [0.4, 0.5) is 4.79 Å². The van der Waals surface area contributed by atoms with Crippen LogP contribution < -0.4 is 4.74 Å². The van der Waals surface area contributed by atoms with Crippen LogP contribution in [-0.2, 0) is 28.9 Å². The van der Waals surface area contributed by atoms with Gasteiger partial charge in [-0.3, -0.25) is 0 Å². The summed E-state index contributed by atoms with van der Waals surface area (Å²) in [6, 6.07) is 15.9. The van der Waals surface area contributed by atoms with E-state index in [4.69, 9.17) is 14.2 Å². The van der Waals surface area contributed by atoms with Gasteiger partial charge in [-0.05, 0) is 79.0 Å². The average Bonchev–Trinajstić information content (AvgIpc) is 3.28. The van der Waals surface area contributed by atoms with E-state index in [-0.39, 0.29) is 30.8 Å². The van der Waals surface area contributed by atoms with Gasteiger partial charge in [-0.1, -0.05) is 68.7 Å². The summed E-state index contributed by atoms with van der Waals surface area (Å²) in [6.45, 7) is 2.55. The normalized spacial score (nSPS) is 23.1. The molecule has 0 saturated heterocycles. The van der Waals surface area contributed by atoms with Crippen LogP contribution in [0.2, 0.25) is 0 Å². The summed E-state index contributed by atoms with van der Waals surface area (Å²) in [6.07, 6.45) is 6.55. The number of benzene rings is 2. The molecule has 2 aromatic carbocycles. The average molecular weight is 554 g/mol. The first-order valence-corrected chi connectivity index (χ1v) is 15.0. The Morgan fingerprint density at radius 3 is 2.58 bits per heavy atom. The molecule has 2 N–H and O–H groups in total. The van der Waals surface area contributed by atoms with Crippen molar-refractivity contribution in [2.24, 2.45) is 17.8 Å². The molecule has 6 atom stereocenters. The first-order chi connectivity index (χ1) is 19.4. The van der Waals surface area contributed by atoms with Gasteiger partial charge in [0, 0.05) is 14.1 Å². The van der Waals surface area contributed by atoms with Gasteiger partial charge in [-0.2, -0.15) is 0 Å². The molecule has 4 rings (SSSR count). The zero-order valence-corrected chi connectivity index (χ0v) is 24.3. The molecule has 2 aliphatic carbocycles. The number of aliphatic hydroxyl groups excluding tert-OH is 2. The van der Waals surface area contributed by atoms with E-state index < -0.39 is 6.29 Å². The van der Waals surface area contributed by atoms with Crippen LogP contribution in [0.25, 0.3) is 0 Å². The minimum absolute atomic E-state index is 0.0546. The number of nitrogens with zero attached hydrogens (tertiary/aromatic N) is 1. The van der Waals surface area contributed by atoms with Gasteiger partial charge < -0.3 is 29.3 Å². The Balaban J connectivity index is 1.40. The number of carbonyl (C=O) groups is 1. The molecule has 7 nitrogen and oxygen atoms in total. The van der Waals surface area contributed by atoms with Crippen molar-refractivity contribution in [3.05, 3.63) is 65.2 Å². The maximum absolute atomic E-state index is 12.5. The Hall–Kier alpha value is -2.61. The number of unbranched alkanes of at least 4 members (excludes halogenated alkanes) is 2. The standard InChI is InChI=1S/C33H47NO6/c1-4-5-7-14-26(35)16-17-27-28-18-24-13-10-15-30(38-22-32(36)39-21-23-11-8-6-9-12-23)29(24)19-25(28)20-31(27)40-33(37)34(2)3/h6,8-13,15,25-28,31-32,35-36H,4-5,7,14,16-22H2,1-3H3/t25-,26-,27+,28-,31+,32?/m0/s1. The van der Waals surface area contributed by atoms with Gasteiger partial charge in [0.15, 0.2) is 6.29 Å². The fourth-order valence-corrected chi connectivity index (χ4v) is 6.42. The molecule has 40 heavy (non-hydrogen) atoms. The third kappa shape index (κ3) is 8.21. The summed E-state index contributed by atoms with van der Waals surface area (Å²) in [7, 11) is 3.43. The highest BCUT2D eigenvalue weighted by molar-refractivity contribution is 5.67. The van der Waals surface area contributed by atoms with Gasteiger partial charge in [0.2, 0.25) is 0 Å². The van der Waals surface area contributed by atoms with E-state index in [2.05, 4.69) is 13.0 Å². The lowest BCUT2D eigenvalue weighted by molar-refractivity contribution is -0.127. The van der Waals surface area contributed by atoms with Crippen molar-refractivity contribution in [3.63, 3.8) is 0 Å². The monoisotopic (exact) mass is 553 g/mol. The third-order valence-corrected chi connectivity index (χ3v) is 8.58. The fourth-order valence-electron chi connectivity index (χ4n) is 6.42. The maximum atomic E-state index is 12.5. The number of amides is 1. The van der Waals surface area contributed by atoms with Crippen LogP contribution in [-0.4, -0.2) is 60.4 Å². The Bertz CT molecular complexity index is 1060. The molecule has 220 valence electrons. The Labute approximate surface area is 239 Å². The second kappa shape index (κ2) is 14.9. The first kappa shape index (κ1) is 30.4. The fraction of sp³-hybridized carbons (Fsp3) is 0.606. The summed E-state index contributed by atoms with van der Waals surface area (Å²) in [5.74, 6) is 1.78. The van der Waals surface area contributed by atoms with Crippen LogP contribution in [0.5, 0.6) is 5.75 Å². The highest BCUT2D eigenvalue weighted by Gasteiger charge is 2.47. The molecule has 2 aliphatic rings. The van der Waals surface area contributed by atoms with E-state index in [0.29, 0.717) is 18.4 Å². The van der Waals surface area contributed by atoms with Gasteiger partial charge in [-0.25, -0.2) is 4.79 Å². The van der Waals surface area contributed by atoms with Crippen LogP contribution in [0, 0.1) is 17.8 Å². The van der Waals surface area contributed by atoms with Crippen molar-refractivity contribution < 1.29 is 29.2 Å². The summed E-state index contributed by atoms with van der Waals surface area (Å²) >= 11 is 0. The number of rotatable bonds is 14. The minimum atomic E-state index is -1.03. The second-order valence-corrected chi connectivity index (χ2v) is 11.7. The molecule has 0 bridgehead atoms. The van der Waals surface area contributed by atoms with E-state index in [1.807, 2.05) is 42.5 Å². The van der Waals surface area contributed by atoms with Crippen molar-refractivity contribution >= 4 is 6.09 Å². The molecule has 7 heteroatoms. The number of ether oxygens (including phenoxy) is 3. The van der Waals surface area contributed by atoms with Crippen LogP contribution in [0.3, 0.4) is 0 Å². The summed E-state index contributed by atoms with van der Waals surface area (Å²) < 4.78 is 17.7. The molecule has 1 fully saturated rings.